The number of carbonyl (C=O) groups excluding carboxylic acids is 5. The van der Waals surface area contributed by atoms with Crippen molar-refractivity contribution in [2.45, 2.75) is 58.0 Å². The molecular formula is C33H37N3O10. The molecule has 3 aromatic rings. The van der Waals surface area contributed by atoms with Gasteiger partial charge in [0.15, 0.2) is 12.5 Å². The average molecular weight is 636 g/mol. The quantitative estimate of drug-likeness (QED) is 0.115. The molecule has 0 aliphatic rings. The summed E-state index contributed by atoms with van der Waals surface area (Å²) < 4.78 is 26.5. The first-order valence-corrected chi connectivity index (χ1v) is 14.7. The van der Waals surface area contributed by atoms with Gasteiger partial charge in [-0.1, -0.05) is 68.4 Å². The molecule has 0 aliphatic carbocycles. The fourth-order valence-electron chi connectivity index (χ4n) is 3.81. The third-order valence-electron chi connectivity index (χ3n) is 6.12. The number of hydrogen-bond acceptors (Lipinski definition) is 11. The van der Waals surface area contributed by atoms with Crippen molar-refractivity contribution in [3.63, 3.8) is 0 Å². The van der Waals surface area contributed by atoms with Crippen LogP contribution in [-0.4, -0.2) is 55.1 Å². The second kappa shape index (κ2) is 19.1. The van der Waals surface area contributed by atoms with Gasteiger partial charge in [0.1, 0.15) is 23.3 Å². The van der Waals surface area contributed by atoms with E-state index in [0.717, 1.165) is 0 Å². The Morgan fingerprint density at radius 2 is 1.07 bits per heavy atom. The molecule has 0 saturated heterocycles. The third-order valence-corrected chi connectivity index (χ3v) is 6.12. The average Bonchev–Trinajstić information content (AvgIpc) is 3.05. The lowest BCUT2D eigenvalue weighted by molar-refractivity contribution is -0.155. The third kappa shape index (κ3) is 13.1. The lowest BCUT2D eigenvalue weighted by atomic mass is 10.1. The van der Waals surface area contributed by atoms with Gasteiger partial charge in [-0.25, -0.2) is 14.4 Å². The number of esters is 3. The number of ether oxygens (including phenoxy) is 5. The number of para-hydroxylation sites is 3. The van der Waals surface area contributed by atoms with Crippen LogP contribution in [-0.2, 0) is 23.9 Å². The molecule has 3 aromatic carbocycles. The van der Waals surface area contributed by atoms with E-state index in [1.165, 1.54) is 0 Å². The minimum absolute atomic E-state index is 0.176. The van der Waals surface area contributed by atoms with Crippen molar-refractivity contribution < 1.29 is 47.7 Å². The largest absolute Gasteiger partial charge is 0.447 e. The summed E-state index contributed by atoms with van der Waals surface area (Å²) in [4.78, 5) is 63.0. The van der Waals surface area contributed by atoms with Gasteiger partial charge >= 0.3 is 30.1 Å². The fraction of sp³-hybridized carbons (Fsp3) is 0.303. The summed E-state index contributed by atoms with van der Waals surface area (Å²) in [6.45, 7) is 3.19. The predicted octanol–water partition coefficient (Wildman–Crippen LogP) is 4.47. The van der Waals surface area contributed by atoms with E-state index < -0.39 is 48.6 Å². The molecule has 3 unspecified atom stereocenters. The van der Waals surface area contributed by atoms with Gasteiger partial charge in [0, 0.05) is 12.8 Å². The molecule has 244 valence electrons. The van der Waals surface area contributed by atoms with Crippen LogP contribution in [0.3, 0.4) is 0 Å². The first-order chi connectivity index (χ1) is 22.2. The van der Waals surface area contributed by atoms with Crippen molar-refractivity contribution >= 4 is 30.1 Å². The molecule has 0 heterocycles. The molecule has 46 heavy (non-hydrogen) atoms. The van der Waals surface area contributed by atoms with Crippen LogP contribution in [0, 0.1) is 0 Å². The monoisotopic (exact) mass is 635 g/mol. The standard InChI is InChI=1S/C33H37N3O10/c1-3-27(34-22-30(38)42-23-14-8-5-9-15-23)45-29(37)21-20-26(35-32(40)43-24-16-10-6-11-17-24)31(39)46-28(4-2)36-33(41)44-25-18-12-7-13-19-25/h5-19,26-28,34H,3-4,20-22H2,1-2H3,(H,35,40)(H,36,41). The zero-order valence-corrected chi connectivity index (χ0v) is 25.5. The maximum Gasteiger partial charge on any atom is 0.415 e. The van der Waals surface area contributed by atoms with Gasteiger partial charge in [0.05, 0.1) is 6.54 Å². The molecule has 0 aliphatic heterocycles. The van der Waals surface area contributed by atoms with Gasteiger partial charge < -0.3 is 29.0 Å². The Kier molecular flexibility index (Phi) is 14.5. The van der Waals surface area contributed by atoms with Crippen LogP contribution in [0.2, 0.25) is 0 Å². The summed E-state index contributed by atoms with van der Waals surface area (Å²) in [5.41, 5.74) is 0. The molecule has 0 radical (unpaired) electrons. The second-order valence-corrected chi connectivity index (χ2v) is 9.67. The lowest BCUT2D eigenvalue weighted by Crippen LogP contribution is -2.47. The van der Waals surface area contributed by atoms with Crippen LogP contribution < -0.4 is 30.2 Å². The Hall–Kier alpha value is -5.43. The Morgan fingerprint density at radius 3 is 1.57 bits per heavy atom. The Morgan fingerprint density at radius 1 is 0.587 bits per heavy atom. The molecule has 13 nitrogen and oxygen atoms in total. The van der Waals surface area contributed by atoms with E-state index in [2.05, 4.69) is 16.0 Å². The first-order valence-electron chi connectivity index (χ1n) is 14.7. The van der Waals surface area contributed by atoms with Crippen LogP contribution in [0.4, 0.5) is 9.59 Å². The summed E-state index contributed by atoms with van der Waals surface area (Å²) in [7, 11) is 0. The molecule has 0 fully saturated rings. The number of carbonyl (C=O) groups is 5. The topological polar surface area (TPSA) is 168 Å². The molecule has 3 rings (SSSR count). The number of nitrogens with one attached hydrogen (secondary N) is 3. The molecular weight excluding hydrogens is 598 g/mol. The number of rotatable bonds is 16. The van der Waals surface area contributed by atoms with Crippen molar-refractivity contribution in [1.29, 1.82) is 0 Å². The SMILES string of the molecule is CCC(NCC(=O)Oc1ccccc1)OC(=O)CCC(NC(=O)Oc1ccccc1)C(=O)OC(CC)NC(=O)Oc1ccccc1. The Labute approximate surface area is 266 Å². The first kappa shape index (κ1) is 35.1. The normalized spacial score (nSPS) is 12.4. The highest BCUT2D eigenvalue weighted by Crippen LogP contribution is 2.13. The summed E-state index contributed by atoms with van der Waals surface area (Å²) in [6, 6.07) is 23.6. The smallest absolute Gasteiger partial charge is 0.415 e. The molecule has 3 atom stereocenters. The summed E-state index contributed by atoms with van der Waals surface area (Å²) in [5, 5.41) is 7.66. The zero-order chi connectivity index (χ0) is 33.1. The van der Waals surface area contributed by atoms with Crippen LogP contribution in [0.15, 0.2) is 91.0 Å². The maximum atomic E-state index is 13.2. The van der Waals surface area contributed by atoms with Crippen molar-refractivity contribution in [1.82, 2.24) is 16.0 Å². The minimum atomic E-state index is -1.35. The van der Waals surface area contributed by atoms with E-state index in [0.29, 0.717) is 12.2 Å². The van der Waals surface area contributed by atoms with E-state index in [9.17, 15) is 24.0 Å². The van der Waals surface area contributed by atoms with Crippen molar-refractivity contribution in [2.75, 3.05) is 6.54 Å². The van der Waals surface area contributed by atoms with Gasteiger partial charge in [-0.3, -0.25) is 20.2 Å². The van der Waals surface area contributed by atoms with E-state index >= 15 is 0 Å². The van der Waals surface area contributed by atoms with Crippen molar-refractivity contribution in [3.05, 3.63) is 91.0 Å². The molecule has 0 bridgehead atoms. The Balaban J connectivity index is 1.56. The van der Waals surface area contributed by atoms with Gasteiger partial charge in [-0.15, -0.1) is 0 Å². The highest BCUT2D eigenvalue weighted by atomic mass is 16.6. The molecule has 3 N–H and O–H groups in total. The van der Waals surface area contributed by atoms with Crippen molar-refractivity contribution in [2.24, 2.45) is 0 Å². The molecule has 0 spiro atoms. The zero-order valence-electron chi connectivity index (χ0n) is 25.5. The Bertz CT molecular complexity index is 1410. The van der Waals surface area contributed by atoms with E-state index in [1.54, 1.807) is 105 Å². The van der Waals surface area contributed by atoms with Crippen LogP contribution in [0.25, 0.3) is 0 Å². The van der Waals surface area contributed by atoms with Crippen LogP contribution in [0.5, 0.6) is 17.2 Å². The molecule has 0 saturated carbocycles. The molecule has 13 heteroatoms. The number of hydrogen-bond donors (Lipinski definition) is 3. The maximum absolute atomic E-state index is 13.2. The number of amides is 2. The highest BCUT2D eigenvalue weighted by molar-refractivity contribution is 5.83. The second-order valence-electron chi connectivity index (χ2n) is 9.67. The molecule has 0 aromatic heterocycles. The van der Waals surface area contributed by atoms with Gasteiger partial charge in [-0.2, -0.15) is 0 Å². The lowest BCUT2D eigenvalue weighted by Gasteiger charge is -2.22. The van der Waals surface area contributed by atoms with Crippen LogP contribution in [0.1, 0.15) is 39.5 Å². The van der Waals surface area contributed by atoms with Crippen molar-refractivity contribution in [3.8, 4) is 17.2 Å². The predicted molar refractivity (Wildman–Crippen MR) is 165 cm³/mol. The van der Waals surface area contributed by atoms with E-state index in [-0.39, 0.29) is 37.3 Å². The summed E-state index contributed by atoms with van der Waals surface area (Å²) in [6.07, 6.45) is -3.76. The fourth-order valence-corrected chi connectivity index (χ4v) is 3.81. The van der Waals surface area contributed by atoms with E-state index in [1.807, 2.05) is 0 Å². The van der Waals surface area contributed by atoms with Gasteiger partial charge in [-0.05, 0) is 49.2 Å². The highest BCUT2D eigenvalue weighted by Gasteiger charge is 2.28. The van der Waals surface area contributed by atoms with E-state index in [4.69, 9.17) is 23.7 Å². The minimum Gasteiger partial charge on any atom is -0.447 e. The van der Waals surface area contributed by atoms with Gasteiger partial charge in [0.25, 0.3) is 0 Å². The van der Waals surface area contributed by atoms with Crippen LogP contribution >= 0.6 is 0 Å². The summed E-state index contributed by atoms with van der Waals surface area (Å²) in [5.74, 6) is -1.32. The van der Waals surface area contributed by atoms with Gasteiger partial charge in [0.2, 0.25) is 0 Å². The number of benzene rings is 3. The molecule has 2 amide bonds. The summed E-state index contributed by atoms with van der Waals surface area (Å²) >= 11 is 0.